The predicted octanol–water partition coefficient (Wildman–Crippen LogP) is 3.37. The first-order valence-electron chi connectivity index (χ1n) is 9.26. The second-order valence-corrected chi connectivity index (χ2v) is 9.07. The average Bonchev–Trinajstić information content (AvgIpc) is 2.69. The molecule has 0 heterocycles. The van der Waals surface area contributed by atoms with Gasteiger partial charge in [0.05, 0.1) is 5.75 Å². The first-order valence-corrected chi connectivity index (χ1v) is 11.3. The van der Waals surface area contributed by atoms with Crippen LogP contribution in [0.4, 0.5) is 0 Å². The Hall–Kier alpha value is -1.81. The molecular weight excluding hydrogens is 501 g/mol. The third kappa shape index (κ3) is 10.5. The van der Waals surface area contributed by atoms with Crippen molar-refractivity contribution in [3.63, 3.8) is 0 Å². The van der Waals surface area contributed by atoms with Crippen LogP contribution in [0.25, 0.3) is 0 Å². The molecule has 2 aromatic rings. The van der Waals surface area contributed by atoms with Gasteiger partial charge in [-0.05, 0) is 36.6 Å². The Kier molecular flexibility index (Phi) is 11.0. The van der Waals surface area contributed by atoms with E-state index in [1.165, 1.54) is 6.26 Å². The molecule has 0 saturated heterocycles. The van der Waals surface area contributed by atoms with Gasteiger partial charge < -0.3 is 15.4 Å². The van der Waals surface area contributed by atoms with Crippen LogP contribution >= 0.6 is 24.0 Å². The van der Waals surface area contributed by atoms with Crippen molar-refractivity contribution in [1.29, 1.82) is 0 Å². The van der Waals surface area contributed by atoms with Crippen molar-refractivity contribution in [3.05, 3.63) is 65.7 Å². The standard InChI is InChI=1S/C21H29N3O3S.HI/c1-17(13-14-28(3,25)26)24-21(22-2)23-15-18-9-11-20(12-10-18)27-16-19-7-5-4-6-8-19;/h4-12,17H,13-16H2,1-3H3,(H2,22,23,24);1H. The van der Waals surface area contributed by atoms with E-state index in [2.05, 4.69) is 15.6 Å². The molecule has 0 aromatic heterocycles. The van der Waals surface area contributed by atoms with E-state index < -0.39 is 9.84 Å². The van der Waals surface area contributed by atoms with Gasteiger partial charge in [-0.15, -0.1) is 24.0 Å². The molecular formula is C21H30IN3O3S. The lowest BCUT2D eigenvalue weighted by molar-refractivity contribution is 0.306. The Bertz CT molecular complexity index is 856. The second kappa shape index (κ2) is 12.7. The Labute approximate surface area is 191 Å². The van der Waals surface area contributed by atoms with Crippen molar-refractivity contribution in [2.24, 2.45) is 4.99 Å². The van der Waals surface area contributed by atoms with Crippen molar-refractivity contribution < 1.29 is 13.2 Å². The van der Waals surface area contributed by atoms with Crippen LogP contribution in [-0.4, -0.2) is 39.5 Å². The van der Waals surface area contributed by atoms with Crippen molar-refractivity contribution in [1.82, 2.24) is 10.6 Å². The van der Waals surface area contributed by atoms with Crippen LogP contribution in [0.1, 0.15) is 24.5 Å². The van der Waals surface area contributed by atoms with Crippen LogP contribution in [0.3, 0.4) is 0 Å². The van der Waals surface area contributed by atoms with E-state index in [4.69, 9.17) is 4.74 Å². The zero-order valence-electron chi connectivity index (χ0n) is 17.1. The minimum absolute atomic E-state index is 0. The molecule has 1 atom stereocenters. The smallest absolute Gasteiger partial charge is 0.191 e. The van der Waals surface area contributed by atoms with Gasteiger partial charge >= 0.3 is 0 Å². The molecule has 2 rings (SSSR count). The summed E-state index contributed by atoms with van der Waals surface area (Å²) in [5, 5.41) is 6.45. The lowest BCUT2D eigenvalue weighted by atomic mass is 10.2. The van der Waals surface area contributed by atoms with E-state index in [9.17, 15) is 8.42 Å². The Morgan fingerprint density at radius 3 is 2.31 bits per heavy atom. The highest BCUT2D eigenvalue weighted by Crippen LogP contribution is 2.14. The molecule has 29 heavy (non-hydrogen) atoms. The molecule has 6 nitrogen and oxygen atoms in total. The van der Waals surface area contributed by atoms with Crippen LogP contribution in [0.15, 0.2) is 59.6 Å². The SMILES string of the molecule is CN=C(NCc1ccc(OCc2ccccc2)cc1)NC(C)CCS(C)(=O)=O.I. The predicted molar refractivity (Wildman–Crippen MR) is 130 cm³/mol. The molecule has 0 aliphatic heterocycles. The van der Waals surface area contributed by atoms with E-state index in [-0.39, 0.29) is 35.8 Å². The molecule has 2 aromatic carbocycles. The number of hydrogen-bond donors (Lipinski definition) is 2. The Morgan fingerprint density at radius 1 is 1.07 bits per heavy atom. The fourth-order valence-electron chi connectivity index (χ4n) is 2.52. The second-order valence-electron chi connectivity index (χ2n) is 6.81. The lowest BCUT2D eigenvalue weighted by Gasteiger charge is -2.17. The first kappa shape index (κ1) is 25.2. The molecule has 8 heteroatoms. The number of rotatable bonds is 9. The quantitative estimate of drug-likeness (QED) is 0.295. The maximum absolute atomic E-state index is 11.3. The van der Waals surface area contributed by atoms with Crippen molar-refractivity contribution >= 4 is 39.8 Å². The fourth-order valence-corrected chi connectivity index (χ4v) is 3.30. The summed E-state index contributed by atoms with van der Waals surface area (Å²) in [6.45, 7) is 3.09. The van der Waals surface area contributed by atoms with Crippen molar-refractivity contribution in [3.8, 4) is 5.75 Å². The molecule has 0 bridgehead atoms. The number of halogens is 1. The number of nitrogens with one attached hydrogen (secondary N) is 2. The summed E-state index contributed by atoms with van der Waals surface area (Å²) in [6.07, 6.45) is 1.78. The third-order valence-electron chi connectivity index (χ3n) is 4.16. The molecule has 0 saturated carbocycles. The Morgan fingerprint density at radius 2 is 1.72 bits per heavy atom. The molecule has 0 amide bonds. The summed E-state index contributed by atoms with van der Waals surface area (Å²) in [5.41, 5.74) is 2.23. The average molecular weight is 531 g/mol. The summed E-state index contributed by atoms with van der Waals surface area (Å²) in [4.78, 5) is 4.19. The summed E-state index contributed by atoms with van der Waals surface area (Å²) < 4.78 is 28.3. The molecule has 0 radical (unpaired) electrons. The zero-order chi connectivity index (χ0) is 20.4. The zero-order valence-corrected chi connectivity index (χ0v) is 20.2. The molecule has 2 N–H and O–H groups in total. The highest BCUT2D eigenvalue weighted by atomic mass is 127. The van der Waals surface area contributed by atoms with E-state index >= 15 is 0 Å². The minimum atomic E-state index is -2.96. The van der Waals surface area contributed by atoms with Crippen LogP contribution in [0, 0.1) is 0 Å². The van der Waals surface area contributed by atoms with Crippen LogP contribution < -0.4 is 15.4 Å². The Balaban J connectivity index is 0.00000420. The maximum Gasteiger partial charge on any atom is 0.191 e. The number of nitrogens with zero attached hydrogens (tertiary/aromatic N) is 1. The van der Waals surface area contributed by atoms with E-state index in [1.54, 1.807) is 7.05 Å². The van der Waals surface area contributed by atoms with Gasteiger partial charge in [-0.1, -0.05) is 42.5 Å². The molecule has 0 spiro atoms. The molecule has 0 aliphatic carbocycles. The summed E-state index contributed by atoms with van der Waals surface area (Å²) in [5.74, 6) is 1.62. The summed E-state index contributed by atoms with van der Waals surface area (Å²) >= 11 is 0. The number of benzene rings is 2. The third-order valence-corrected chi connectivity index (χ3v) is 5.14. The van der Waals surface area contributed by atoms with E-state index in [0.717, 1.165) is 16.9 Å². The topological polar surface area (TPSA) is 79.8 Å². The number of ether oxygens (including phenoxy) is 1. The lowest BCUT2D eigenvalue weighted by Crippen LogP contribution is -2.42. The van der Waals surface area contributed by atoms with Crippen molar-refractivity contribution in [2.45, 2.75) is 32.5 Å². The minimum Gasteiger partial charge on any atom is -0.489 e. The van der Waals surface area contributed by atoms with Crippen molar-refractivity contribution in [2.75, 3.05) is 19.1 Å². The first-order chi connectivity index (χ1) is 13.4. The van der Waals surface area contributed by atoms with E-state index in [0.29, 0.717) is 25.5 Å². The van der Waals surface area contributed by atoms with Crippen LogP contribution in [0.2, 0.25) is 0 Å². The monoisotopic (exact) mass is 531 g/mol. The maximum atomic E-state index is 11.3. The van der Waals surface area contributed by atoms with Gasteiger partial charge in [0.25, 0.3) is 0 Å². The number of aliphatic imine (C=N–C) groups is 1. The largest absolute Gasteiger partial charge is 0.489 e. The normalized spacial score (nSPS) is 12.6. The van der Waals surface area contributed by atoms with Gasteiger partial charge in [0.2, 0.25) is 0 Å². The summed E-state index contributed by atoms with van der Waals surface area (Å²) in [7, 11) is -1.26. The molecule has 160 valence electrons. The molecule has 1 unspecified atom stereocenters. The number of hydrogen-bond acceptors (Lipinski definition) is 4. The van der Waals surface area contributed by atoms with Gasteiger partial charge in [-0.25, -0.2) is 8.42 Å². The van der Waals surface area contributed by atoms with Gasteiger partial charge in [0.1, 0.15) is 22.2 Å². The van der Waals surface area contributed by atoms with Crippen LogP contribution in [0.5, 0.6) is 5.75 Å². The number of sulfone groups is 1. The van der Waals surface area contributed by atoms with Gasteiger partial charge in [0, 0.05) is 25.9 Å². The van der Waals surface area contributed by atoms with Crippen LogP contribution in [-0.2, 0) is 23.0 Å². The fraction of sp³-hybridized carbons (Fsp3) is 0.381. The highest BCUT2D eigenvalue weighted by molar-refractivity contribution is 14.0. The van der Waals surface area contributed by atoms with Gasteiger partial charge in [0.15, 0.2) is 5.96 Å². The highest BCUT2D eigenvalue weighted by Gasteiger charge is 2.09. The van der Waals surface area contributed by atoms with Gasteiger partial charge in [-0.3, -0.25) is 4.99 Å². The van der Waals surface area contributed by atoms with E-state index in [1.807, 2.05) is 61.5 Å². The molecule has 0 aliphatic rings. The number of guanidine groups is 1. The molecule has 0 fully saturated rings. The summed E-state index contributed by atoms with van der Waals surface area (Å²) in [6, 6.07) is 18.0. The van der Waals surface area contributed by atoms with Gasteiger partial charge in [-0.2, -0.15) is 0 Å².